The highest BCUT2D eigenvalue weighted by molar-refractivity contribution is 7.18. The van der Waals surface area contributed by atoms with E-state index in [1.165, 1.54) is 19.1 Å². The zero-order valence-corrected chi connectivity index (χ0v) is 14.8. The number of nitrogens with zero attached hydrogens (tertiary/aromatic N) is 1. The third-order valence-electron chi connectivity index (χ3n) is 4.58. The Morgan fingerprint density at radius 1 is 1.16 bits per heavy atom. The molecule has 0 atom stereocenters. The summed E-state index contributed by atoms with van der Waals surface area (Å²) in [4.78, 5) is 22.3. The van der Waals surface area contributed by atoms with E-state index in [1.807, 2.05) is 0 Å². The van der Waals surface area contributed by atoms with Crippen LogP contribution in [-0.4, -0.2) is 29.3 Å². The van der Waals surface area contributed by atoms with Crippen LogP contribution in [0.5, 0.6) is 17.2 Å². The second-order valence-electron chi connectivity index (χ2n) is 6.03. The van der Waals surface area contributed by atoms with Crippen molar-refractivity contribution < 1.29 is 14.6 Å². The SMILES string of the molecule is COc1cc(-c2nc3sc4c(c3c(=O)[nH]2)CCCC4)cc(OC)c1O. The van der Waals surface area contributed by atoms with Crippen molar-refractivity contribution in [2.45, 2.75) is 25.7 Å². The first-order valence-corrected chi connectivity index (χ1v) is 8.94. The van der Waals surface area contributed by atoms with Gasteiger partial charge in [-0.2, -0.15) is 0 Å². The van der Waals surface area contributed by atoms with E-state index in [0.717, 1.165) is 41.5 Å². The molecule has 130 valence electrons. The van der Waals surface area contributed by atoms with Gasteiger partial charge in [-0.05, 0) is 43.4 Å². The molecule has 2 aromatic heterocycles. The molecule has 0 aliphatic heterocycles. The summed E-state index contributed by atoms with van der Waals surface area (Å²) in [6.07, 6.45) is 4.25. The molecular formula is C18H18N2O4S. The highest BCUT2D eigenvalue weighted by Gasteiger charge is 2.21. The number of hydrogen-bond acceptors (Lipinski definition) is 6. The smallest absolute Gasteiger partial charge is 0.260 e. The summed E-state index contributed by atoms with van der Waals surface area (Å²) in [7, 11) is 2.93. The number of ether oxygens (including phenoxy) is 2. The molecule has 25 heavy (non-hydrogen) atoms. The van der Waals surface area contributed by atoms with Crippen molar-refractivity contribution >= 4 is 21.6 Å². The first-order valence-electron chi connectivity index (χ1n) is 8.12. The van der Waals surface area contributed by atoms with Crippen LogP contribution in [0.3, 0.4) is 0 Å². The molecule has 3 aromatic rings. The molecule has 7 heteroatoms. The van der Waals surface area contributed by atoms with E-state index in [2.05, 4.69) is 9.97 Å². The maximum atomic E-state index is 12.7. The van der Waals surface area contributed by atoms with E-state index in [4.69, 9.17) is 9.47 Å². The van der Waals surface area contributed by atoms with Crippen molar-refractivity contribution in [3.8, 4) is 28.6 Å². The highest BCUT2D eigenvalue weighted by Crippen LogP contribution is 2.40. The summed E-state index contributed by atoms with van der Waals surface area (Å²) < 4.78 is 10.4. The van der Waals surface area contributed by atoms with Gasteiger partial charge in [0.25, 0.3) is 5.56 Å². The maximum absolute atomic E-state index is 12.7. The Hall–Kier alpha value is -2.54. The van der Waals surface area contributed by atoms with Gasteiger partial charge in [0, 0.05) is 10.4 Å². The van der Waals surface area contributed by atoms with E-state index in [-0.39, 0.29) is 22.8 Å². The largest absolute Gasteiger partial charge is 0.502 e. The number of benzene rings is 1. The van der Waals surface area contributed by atoms with Crippen LogP contribution < -0.4 is 15.0 Å². The number of fused-ring (bicyclic) bond motifs is 3. The zero-order valence-electron chi connectivity index (χ0n) is 14.0. The van der Waals surface area contributed by atoms with Crippen LogP contribution in [0.2, 0.25) is 0 Å². The quantitative estimate of drug-likeness (QED) is 0.751. The summed E-state index contributed by atoms with van der Waals surface area (Å²) in [6, 6.07) is 3.27. The summed E-state index contributed by atoms with van der Waals surface area (Å²) in [6.45, 7) is 0. The molecule has 0 saturated heterocycles. The number of H-pyrrole nitrogens is 1. The number of nitrogens with one attached hydrogen (secondary N) is 1. The Morgan fingerprint density at radius 3 is 2.52 bits per heavy atom. The van der Waals surface area contributed by atoms with Gasteiger partial charge in [0.2, 0.25) is 5.75 Å². The van der Waals surface area contributed by atoms with Gasteiger partial charge in [-0.25, -0.2) is 4.98 Å². The van der Waals surface area contributed by atoms with Crippen LogP contribution in [0.1, 0.15) is 23.3 Å². The van der Waals surface area contributed by atoms with Crippen molar-refractivity contribution in [3.63, 3.8) is 0 Å². The van der Waals surface area contributed by atoms with E-state index < -0.39 is 0 Å². The number of phenolic OH excluding ortho intramolecular Hbond substituents is 1. The van der Waals surface area contributed by atoms with Crippen molar-refractivity contribution in [2.24, 2.45) is 0 Å². The second-order valence-corrected chi connectivity index (χ2v) is 7.12. The zero-order chi connectivity index (χ0) is 17.6. The minimum absolute atomic E-state index is 0.0798. The highest BCUT2D eigenvalue weighted by atomic mass is 32.1. The summed E-state index contributed by atoms with van der Waals surface area (Å²) in [5.41, 5.74) is 1.66. The molecule has 2 N–H and O–H groups in total. The number of thiophene rings is 1. The molecule has 0 radical (unpaired) electrons. The number of aryl methyl sites for hydroxylation is 2. The first kappa shape index (κ1) is 16.0. The standard InChI is InChI=1S/C18H18N2O4S/c1-23-11-7-9(8-12(24-2)15(11)21)16-19-17(22)14-10-5-3-4-6-13(10)25-18(14)20-16/h7-8,21H,3-6H2,1-2H3,(H,19,20,22). The molecular weight excluding hydrogens is 340 g/mol. The summed E-state index contributed by atoms with van der Waals surface area (Å²) in [5, 5.41) is 10.8. The molecule has 0 fully saturated rings. The Labute approximate surface area is 148 Å². The summed E-state index contributed by atoms with van der Waals surface area (Å²) >= 11 is 1.60. The van der Waals surface area contributed by atoms with Gasteiger partial charge in [-0.1, -0.05) is 0 Å². The fraction of sp³-hybridized carbons (Fsp3) is 0.333. The fourth-order valence-electron chi connectivity index (χ4n) is 3.33. The predicted octanol–water partition coefficient (Wildman–Crippen LogP) is 3.25. The molecule has 6 nitrogen and oxygen atoms in total. The molecule has 1 aliphatic rings. The normalized spacial score (nSPS) is 13.7. The monoisotopic (exact) mass is 358 g/mol. The number of methoxy groups -OCH3 is 2. The Kier molecular flexibility index (Phi) is 3.88. The maximum Gasteiger partial charge on any atom is 0.260 e. The molecule has 0 unspecified atom stereocenters. The van der Waals surface area contributed by atoms with Gasteiger partial charge >= 0.3 is 0 Å². The molecule has 2 heterocycles. The van der Waals surface area contributed by atoms with E-state index >= 15 is 0 Å². The molecule has 4 rings (SSSR count). The van der Waals surface area contributed by atoms with Crippen LogP contribution in [-0.2, 0) is 12.8 Å². The van der Waals surface area contributed by atoms with Crippen molar-refractivity contribution in [1.82, 2.24) is 9.97 Å². The van der Waals surface area contributed by atoms with Gasteiger partial charge < -0.3 is 19.6 Å². The van der Waals surface area contributed by atoms with Gasteiger partial charge in [0.1, 0.15) is 10.7 Å². The minimum Gasteiger partial charge on any atom is -0.502 e. The lowest BCUT2D eigenvalue weighted by atomic mass is 9.97. The van der Waals surface area contributed by atoms with Crippen LogP contribution in [0.15, 0.2) is 16.9 Å². The third-order valence-corrected chi connectivity index (χ3v) is 5.76. The molecule has 0 spiro atoms. The van der Waals surface area contributed by atoms with Gasteiger partial charge in [0.15, 0.2) is 11.5 Å². The number of aromatic hydroxyl groups is 1. The number of hydrogen-bond donors (Lipinski definition) is 2. The number of aromatic nitrogens is 2. The lowest BCUT2D eigenvalue weighted by molar-refractivity contribution is 0.340. The van der Waals surface area contributed by atoms with Crippen molar-refractivity contribution in [1.29, 1.82) is 0 Å². The van der Waals surface area contributed by atoms with Crippen LogP contribution in [0.25, 0.3) is 21.6 Å². The topological polar surface area (TPSA) is 84.4 Å². The van der Waals surface area contributed by atoms with E-state index in [1.54, 1.807) is 23.5 Å². The van der Waals surface area contributed by atoms with Gasteiger partial charge in [-0.15, -0.1) is 11.3 Å². The van der Waals surface area contributed by atoms with Gasteiger partial charge in [0.05, 0.1) is 19.6 Å². The molecule has 0 bridgehead atoms. The molecule has 0 saturated carbocycles. The van der Waals surface area contributed by atoms with Crippen molar-refractivity contribution in [2.75, 3.05) is 14.2 Å². The fourth-order valence-corrected chi connectivity index (χ4v) is 4.59. The number of phenols is 1. The number of rotatable bonds is 3. The second kappa shape index (κ2) is 6.07. The lowest BCUT2D eigenvalue weighted by Crippen LogP contribution is -2.11. The minimum atomic E-state index is -0.120. The Bertz CT molecular complexity index is 997. The van der Waals surface area contributed by atoms with E-state index in [9.17, 15) is 9.90 Å². The first-order chi connectivity index (χ1) is 12.1. The van der Waals surface area contributed by atoms with E-state index in [0.29, 0.717) is 11.4 Å². The molecule has 1 aromatic carbocycles. The average Bonchev–Trinajstić information content (AvgIpc) is 3.00. The average molecular weight is 358 g/mol. The summed E-state index contributed by atoms with van der Waals surface area (Å²) in [5.74, 6) is 0.890. The van der Waals surface area contributed by atoms with Crippen LogP contribution in [0.4, 0.5) is 0 Å². The van der Waals surface area contributed by atoms with Gasteiger partial charge in [-0.3, -0.25) is 4.79 Å². The molecule has 1 aliphatic carbocycles. The van der Waals surface area contributed by atoms with Crippen LogP contribution >= 0.6 is 11.3 Å². The van der Waals surface area contributed by atoms with Crippen molar-refractivity contribution in [3.05, 3.63) is 32.9 Å². The predicted molar refractivity (Wildman–Crippen MR) is 97.1 cm³/mol. The number of aromatic amines is 1. The third kappa shape index (κ3) is 2.55. The lowest BCUT2D eigenvalue weighted by Gasteiger charge is -2.11. The molecule has 0 amide bonds. The van der Waals surface area contributed by atoms with Crippen LogP contribution in [0, 0.1) is 0 Å². The Morgan fingerprint density at radius 2 is 1.84 bits per heavy atom. The Balaban J connectivity index is 1.92.